The molecule has 63 heavy (non-hydrogen) atoms. The molecule has 6 nitrogen and oxygen atoms in total. The number of hydrogen-bond acceptors (Lipinski definition) is 6. The van der Waals surface area contributed by atoms with Gasteiger partial charge in [0.05, 0.1) is 0 Å². The fraction of sp³-hybridized carbons (Fsp3) is 0. The van der Waals surface area contributed by atoms with E-state index in [0.29, 0.717) is 17.5 Å². The maximum atomic E-state index is 6.63. The highest BCUT2D eigenvalue weighted by Gasteiger charge is 2.22. The fourth-order valence-electron chi connectivity index (χ4n) is 8.75. The standard InChI is InChI=1S/C57H36N4O2/c1-4-15-37(16-5-1)38-27-31-43(32-28-38)61(42-19-8-3-9-20-42)44-33-29-39(30-34-44)41-35-48(54-46-22-11-13-25-50(46)63-52(54)36-41)57-59-55(40-17-6-2-7-18-40)58-56(60-57)47-23-14-26-51-53(47)45-21-10-12-24-49(45)62-51/h1-36H. The van der Waals surface area contributed by atoms with Crippen molar-refractivity contribution in [1.82, 2.24) is 15.0 Å². The van der Waals surface area contributed by atoms with Crippen molar-refractivity contribution in [1.29, 1.82) is 0 Å². The molecule has 0 unspecified atom stereocenters. The zero-order valence-corrected chi connectivity index (χ0v) is 33.9. The van der Waals surface area contributed by atoms with Gasteiger partial charge in [-0.2, -0.15) is 0 Å². The van der Waals surface area contributed by atoms with Gasteiger partial charge in [0.2, 0.25) is 0 Å². The molecule has 3 heterocycles. The van der Waals surface area contributed by atoms with Gasteiger partial charge < -0.3 is 13.7 Å². The lowest BCUT2D eigenvalue weighted by molar-refractivity contribution is 0.668. The van der Waals surface area contributed by atoms with E-state index in [2.05, 4.69) is 132 Å². The Morgan fingerprint density at radius 2 is 0.730 bits per heavy atom. The van der Waals surface area contributed by atoms with Gasteiger partial charge in [-0.1, -0.05) is 152 Å². The van der Waals surface area contributed by atoms with Gasteiger partial charge >= 0.3 is 0 Å². The van der Waals surface area contributed by atoms with Crippen LogP contribution in [0.1, 0.15) is 0 Å². The summed E-state index contributed by atoms with van der Waals surface area (Å²) in [6.07, 6.45) is 0. The van der Waals surface area contributed by atoms with Gasteiger partial charge in [0, 0.05) is 55.3 Å². The molecule has 12 aromatic rings. The van der Waals surface area contributed by atoms with E-state index in [4.69, 9.17) is 23.8 Å². The summed E-state index contributed by atoms with van der Waals surface area (Å²) in [5, 5.41) is 3.92. The van der Waals surface area contributed by atoms with Crippen LogP contribution in [0.15, 0.2) is 227 Å². The Balaban J connectivity index is 1.02. The van der Waals surface area contributed by atoms with Crippen molar-refractivity contribution < 1.29 is 8.83 Å². The molecule has 3 aromatic heterocycles. The van der Waals surface area contributed by atoms with Crippen molar-refractivity contribution in [2.24, 2.45) is 0 Å². The third kappa shape index (κ3) is 6.49. The molecule has 6 heteroatoms. The van der Waals surface area contributed by atoms with Crippen LogP contribution in [0.2, 0.25) is 0 Å². The molecule has 12 rings (SSSR count). The summed E-state index contributed by atoms with van der Waals surface area (Å²) in [7, 11) is 0. The Kier molecular flexibility index (Phi) is 8.71. The molecule has 0 aliphatic rings. The van der Waals surface area contributed by atoms with Crippen molar-refractivity contribution in [3.63, 3.8) is 0 Å². The van der Waals surface area contributed by atoms with Crippen LogP contribution in [0, 0.1) is 0 Å². The minimum Gasteiger partial charge on any atom is -0.456 e. The minimum absolute atomic E-state index is 0.549. The number of fused-ring (bicyclic) bond motifs is 6. The highest BCUT2D eigenvalue weighted by molar-refractivity contribution is 6.14. The Hall–Kier alpha value is -8.61. The first-order valence-corrected chi connectivity index (χ1v) is 21.0. The molecule has 0 saturated heterocycles. The Labute approximate surface area is 363 Å². The van der Waals surface area contributed by atoms with Gasteiger partial charge in [0.25, 0.3) is 0 Å². The lowest BCUT2D eigenvalue weighted by Crippen LogP contribution is -2.09. The van der Waals surface area contributed by atoms with E-state index < -0.39 is 0 Å². The number of aromatic nitrogens is 3. The van der Waals surface area contributed by atoms with E-state index in [9.17, 15) is 0 Å². The van der Waals surface area contributed by atoms with Crippen molar-refractivity contribution in [3.05, 3.63) is 218 Å². The largest absolute Gasteiger partial charge is 0.456 e. The van der Waals surface area contributed by atoms with Crippen molar-refractivity contribution in [2.75, 3.05) is 4.90 Å². The summed E-state index contributed by atoms with van der Waals surface area (Å²) in [5.41, 5.74) is 13.3. The van der Waals surface area contributed by atoms with Crippen molar-refractivity contribution in [3.8, 4) is 56.4 Å². The van der Waals surface area contributed by atoms with E-state index >= 15 is 0 Å². The molecule has 9 aromatic carbocycles. The maximum absolute atomic E-state index is 6.63. The van der Waals surface area contributed by atoms with Gasteiger partial charge in [0.1, 0.15) is 22.3 Å². The van der Waals surface area contributed by atoms with Crippen LogP contribution < -0.4 is 4.90 Å². The second kappa shape index (κ2) is 15.1. The number of nitrogens with zero attached hydrogens (tertiary/aromatic N) is 4. The summed E-state index contributed by atoms with van der Waals surface area (Å²) in [4.78, 5) is 18.0. The first kappa shape index (κ1) is 36.3. The molecule has 0 bridgehead atoms. The average Bonchev–Trinajstić information content (AvgIpc) is 3.94. The molecule has 0 N–H and O–H groups in total. The van der Waals surface area contributed by atoms with Crippen LogP contribution in [0.4, 0.5) is 17.1 Å². The van der Waals surface area contributed by atoms with Gasteiger partial charge in [0.15, 0.2) is 17.5 Å². The Morgan fingerprint density at radius 3 is 1.37 bits per heavy atom. The van der Waals surface area contributed by atoms with Crippen LogP contribution in [0.25, 0.3) is 100 Å². The summed E-state index contributed by atoms with van der Waals surface area (Å²) in [6, 6.07) is 75.1. The summed E-state index contributed by atoms with van der Waals surface area (Å²) in [5.74, 6) is 1.69. The molecule has 0 spiro atoms. The lowest BCUT2D eigenvalue weighted by Gasteiger charge is -2.26. The van der Waals surface area contributed by atoms with Crippen molar-refractivity contribution >= 4 is 60.9 Å². The molecule has 0 saturated carbocycles. The predicted octanol–water partition coefficient (Wildman–Crippen LogP) is 15.5. The van der Waals surface area contributed by atoms with E-state index in [-0.39, 0.29) is 0 Å². The average molecular weight is 809 g/mol. The first-order chi connectivity index (χ1) is 31.2. The van der Waals surface area contributed by atoms with E-state index in [1.165, 1.54) is 11.1 Å². The van der Waals surface area contributed by atoms with Crippen LogP contribution in [-0.4, -0.2) is 15.0 Å². The number of para-hydroxylation sites is 3. The van der Waals surface area contributed by atoms with Crippen LogP contribution in [-0.2, 0) is 0 Å². The topological polar surface area (TPSA) is 68.2 Å². The second-order valence-corrected chi connectivity index (χ2v) is 15.6. The first-order valence-electron chi connectivity index (χ1n) is 21.0. The third-order valence-corrected chi connectivity index (χ3v) is 11.7. The van der Waals surface area contributed by atoms with E-state index in [1.54, 1.807) is 0 Å². The highest BCUT2D eigenvalue weighted by atomic mass is 16.3. The van der Waals surface area contributed by atoms with E-state index in [1.807, 2.05) is 91.0 Å². The highest BCUT2D eigenvalue weighted by Crippen LogP contribution is 2.42. The molecular weight excluding hydrogens is 773 g/mol. The number of benzene rings is 9. The van der Waals surface area contributed by atoms with Gasteiger partial charge in [-0.15, -0.1) is 0 Å². The lowest BCUT2D eigenvalue weighted by atomic mass is 9.97. The smallest absolute Gasteiger partial charge is 0.164 e. The number of furan rings is 2. The minimum atomic E-state index is 0.549. The monoisotopic (exact) mass is 808 g/mol. The van der Waals surface area contributed by atoms with E-state index in [0.717, 1.165) is 88.8 Å². The van der Waals surface area contributed by atoms with Crippen molar-refractivity contribution in [2.45, 2.75) is 0 Å². The SMILES string of the molecule is c1ccc(-c2ccc(N(c3ccccc3)c3ccc(-c4cc(-c5nc(-c6ccccc6)nc(-c6cccc7oc8ccccc8c67)n5)c5c(c4)oc4ccccc45)cc3)cc2)cc1. The fourth-order valence-corrected chi connectivity index (χ4v) is 8.75. The maximum Gasteiger partial charge on any atom is 0.164 e. The van der Waals surface area contributed by atoms with Crippen LogP contribution >= 0.6 is 0 Å². The molecule has 296 valence electrons. The Morgan fingerprint density at radius 1 is 0.286 bits per heavy atom. The Bertz CT molecular complexity index is 3600. The van der Waals surface area contributed by atoms with Gasteiger partial charge in [-0.3, -0.25) is 0 Å². The zero-order chi connectivity index (χ0) is 41.7. The van der Waals surface area contributed by atoms with Crippen LogP contribution in [0.5, 0.6) is 0 Å². The summed E-state index contributed by atoms with van der Waals surface area (Å²) < 4.78 is 12.9. The molecule has 0 fully saturated rings. The summed E-state index contributed by atoms with van der Waals surface area (Å²) in [6.45, 7) is 0. The second-order valence-electron chi connectivity index (χ2n) is 15.6. The molecule has 0 amide bonds. The zero-order valence-electron chi connectivity index (χ0n) is 33.9. The predicted molar refractivity (Wildman–Crippen MR) is 256 cm³/mol. The molecule has 0 radical (unpaired) electrons. The normalized spacial score (nSPS) is 11.5. The molecule has 0 atom stereocenters. The summed E-state index contributed by atoms with van der Waals surface area (Å²) >= 11 is 0. The molecule has 0 aliphatic heterocycles. The number of hydrogen-bond donors (Lipinski definition) is 0. The quantitative estimate of drug-likeness (QED) is 0.152. The van der Waals surface area contributed by atoms with Gasteiger partial charge in [-0.05, 0) is 89.0 Å². The number of anilines is 3. The third-order valence-electron chi connectivity index (χ3n) is 11.7. The van der Waals surface area contributed by atoms with Crippen LogP contribution in [0.3, 0.4) is 0 Å². The van der Waals surface area contributed by atoms with Gasteiger partial charge in [-0.25, -0.2) is 15.0 Å². The molecule has 0 aliphatic carbocycles. The molecular formula is C57H36N4O2. The number of rotatable bonds is 8.